The van der Waals surface area contributed by atoms with Crippen LogP contribution in [0.4, 0.5) is 5.69 Å². The van der Waals surface area contributed by atoms with Crippen molar-refractivity contribution in [3.63, 3.8) is 0 Å². The third-order valence-electron chi connectivity index (χ3n) is 3.32. The van der Waals surface area contributed by atoms with Gasteiger partial charge in [-0.05, 0) is 32.9 Å². The molecule has 126 valence electrons. The van der Waals surface area contributed by atoms with Crippen molar-refractivity contribution in [2.45, 2.75) is 32.5 Å². The molecule has 6 nitrogen and oxygen atoms in total. The first-order valence-corrected chi connectivity index (χ1v) is 7.61. The van der Waals surface area contributed by atoms with Crippen molar-refractivity contribution in [2.75, 3.05) is 32.1 Å². The van der Waals surface area contributed by atoms with Crippen LogP contribution in [0.1, 0.15) is 20.8 Å². The van der Waals surface area contributed by atoms with Crippen LogP contribution in [0.25, 0.3) is 0 Å². The summed E-state index contributed by atoms with van der Waals surface area (Å²) in [5.41, 5.74) is 0.253. The van der Waals surface area contributed by atoms with Gasteiger partial charge in [0, 0.05) is 14.1 Å². The van der Waals surface area contributed by atoms with Gasteiger partial charge in [-0.2, -0.15) is 0 Å². The monoisotopic (exact) mass is 320 g/mol. The molecule has 1 aromatic carbocycles. The molecule has 0 N–H and O–H groups in total. The molecule has 0 saturated heterocycles. The van der Waals surface area contributed by atoms with Crippen LogP contribution in [-0.2, 0) is 14.3 Å². The van der Waals surface area contributed by atoms with Gasteiger partial charge >= 0.3 is 5.97 Å². The number of carbonyl (C=O) groups excluding carboxylic acids is 2. The maximum absolute atomic E-state index is 12.2. The highest BCUT2D eigenvalue weighted by Crippen LogP contribution is 2.33. The number of ether oxygens (including phenoxy) is 2. The molecule has 0 radical (unpaired) electrons. The second-order valence-corrected chi connectivity index (χ2v) is 6.77. The molecular weight excluding hydrogens is 296 g/mol. The van der Waals surface area contributed by atoms with Crippen molar-refractivity contribution in [3.05, 3.63) is 24.3 Å². The Hall–Kier alpha value is -2.24. The first-order chi connectivity index (χ1) is 10.7. The fourth-order valence-electron chi connectivity index (χ4n) is 2.40. The van der Waals surface area contributed by atoms with Crippen LogP contribution in [-0.4, -0.2) is 55.7 Å². The van der Waals surface area contributed by atoms with Gasteiger partial charge in [-0.25, -0.2) is 0 Å². The maximum Gasteiger partial charge on any atom is 0.326 e. The Morgan fingerprint density at radius 3 is 2.57 bits per heavy atom. The largest absolute Gasteiger partial charge is 0.477 e. The summed E-state index contributed by atoms with van der Waals surface area (Å²) in [5.74, 6) is 0.140. The number of para-hydroxylation sites is 2. The van der Waals surface area contributed by atoms with E-state index in [1.54, 1.807) is 20.2 Å². The third-order valence-corrected chi connectivity index (χ3v) is 3.32. The van der Waals surface area contributed by atoms with Gasteiger partial charge in [0.2, 0.25) is 0 Å². The lowest BCUT2D eigenvalue weighted by molar-refractivity contribution is -0.153. The molecule has 1 atom stereocenters. The number of benzene rings is 1. The summed E-state index contributed by atoms with van der Waals surface area (Å²) >= 11 is 0. The lowest BCUT2D eigenvalue weighted by Gasteiger charge is -2.36. The maximum atomic E-state index is 12.2. The Labute approximate surface area is 137 Å². The lowest BCUT2D eigenvalue weighted by atomic mass is 10.1. The highest BCUT2D eigenvalue weighted by molar-refractivity contribution is 5.84. The van der Waals surface area contributed by atoms with Crippen LogP contribution in [0.5, 0.6) is 5.75 Å². The van der Waals surface area contributed by atoms with E-state index in [-0.39, 0.29) is 18.4 Å². The van der Waals surface area contributed by atoms with Gasteiger partial charge in [-0.15, -0.1) is 0 Å². The third kappa shape index (κ3) is 4.37. The minimum absolute atomic E-state index is 0.0782. The van der Waals surface area contributed by atoms with Crippen LogP contribution >= 0.6 is 0 Å². The van der Waals surface area contributed by atoms with Crippen LogP contribution in [0, 0.1) is 0 Å². The quantitative estimate of drug-likeness (QED) is 0.793. The van der Waals surface area contributed by atoms with E-state index in [1.807, 2.05) is 43.9 Å². The van der Waals surface area contributed by atoms with Crippen molar-refractivity contribution >= 4 is 17.6 Å². The zero-order valence-corrected chi connectivity index (χ0v) is 14.3. The summed E-state index contributed by atoms with van der Waals surface area (Å²) in [5, 5.41) is 0. The molecule has 1 aliphatic heterocycles. The van der Waals surface area contributed by atoms with E-state index < -0.39 is 11.7 Å². The Bertz CT molecular complexity index is 593. The van der Waals surface area contributed by atoms with Crippen LogP contribution in [0.3, 0.4) is 0 Å². The van der Waals surface area contributed by atoms with E-state index in [2.05, 4.69) is 0 Å². The van der Waals surface area contributed by atoms with Gasteiger partial charge in [-0.3, -0.25) is 9.59 Å². The minimum Gasteiger partial charge on any atom is -0.477 e. The van der Waals surface area contributed by atoms with Crippen molar-refractivity contribution in [1.29, 1.82) is 0 Å². The second kappa shape index (κ2) is 6.48. The molecule has 0 aromatic heterocycles. The number of rotatable bonds is 3. The van der Waals surface area contributed by atoms with Gasteiger partial charge in [0.05, 0.1) is 12.2 Å². The predicted octanol–water partition coefficient (Wildman–Crippen LogP) is 1.68. The molecule has 1 heterocycles. The van der Waals surface area contributed by atoms with Crippen LogP contribution < -0.4 is 9.64 Å². The highest BCUT2D eigenvalue weighted by atomic mass is 16.6. The first-order valence-electron chi connectivity index (χ1n) is 7.61. The van der Waals surface area contributed by atoms with Crippen LogP contribution in [0.2, 0.25) is 0 Å². The van der Waals surface area contributed by atoms with Gasteiger partial charge < -0.3 is 19.3 Å². The van der Waals surface area contributed by atoms with E-state index in [0.717, 1.165) is 5.69 Å². The molecule has 0 fully saturated rings. The van der Waals surface area contributed by atoms with Crippen molar-refractivity contribution in [3.8, 4) is 5.75 Å². The summed E-state index contributed by atoms with van der Waals surface area (Å²) in [4.78, 5) is 27.7. The van der Waals surface area contributed by atoms with E-state index in [0.29, 0.717) is 12.3 Å². The van der Waals surface area contributed by atoms with Crippen molar-refractivity contribution in [2.24, 2.45) is 0 Å². The fourth-order valence-corrected chi connectivity index (χ4v) is 2.40. The Balaban J connectivity index is 2.20. The Morgan fingerprint density at radius 1 is 1.30 bits per heavy atom. The summed E-state index contributed by atoms with van der Waals surface area (Å²) in [6.45, 7) is 5.88. The van der Waals surface area contributed by atoms with E-state index in [4.69, 9.17) is 9.47 Å². The molecule has 6 heteroatoms. The van der Waals surface area contributed by atoms with Crippen molar-refractivity contribution < 1.29 is 19.1 Å². The van der Waals surface area contributed by atoms with Gasteiger partial charge in [-0.1, -0.05) is 12.1 Å². The van der Waals surface area contributed by atoms with E-state index in [9.17, 15) is 9.59 Å². The molecule has 0 saturated carbocycles. The van der Waals surface area contributed by atoms with E-state index in [1.165, 1.54) is 4.90 Å². The summed E-state index contributed by atoms with van der Waals surface area (Å²) < 4.78 is 11.2. The molecule has 1 unspecified atom stereocenters. The van der Waals surface area contributed by atoms with Crippen LogP contribution in [0.15, 0.2) is 24.3 Å². The normalized spacial score (nSPS) is 17.1. The Kier molecular flexibility index (Phi) is 4.82. The zero-order chi connectivity index (χ0) is 17.2. The minimum atomic E-state index is -0.637. The summed E-state index contributed by atoms with van der Waals surface area (Å²) in [7, 11) is 3.37. The van der Waals surface area contributed by atoms with Gasteiger partial charge in [0.15, 0.2) is 6.10 Å². The average Bonchev–Trinajstić information content (AvgIpc) is 2.44. The van der Waals surface area contributed by atoms with Gasteiger partial charge in [0.25, 0.3) is 5.91 Å². The molecule has 0 bridgehead atoms. The molecule has 0 aliphatic carbocycles. The summed E-state index contributed by atoms with van der Waals surface area (Å²) in [6, 6.07) is 7.38. The summed E-state index contributed by atoms with van der Waals surface area (Å²) in [6.07, 6.45) is -0.637. The van der Waals surface area contributed by atoms with Crippen molar-refractivity contribution in [1.82, 2.24) is 4.90 Å². The smallest absolute Gasteiger partial charge is 0.326 e. The SMILES string of the molecule is CN(C)C(=O)C1CN(CC(=O)OC(C)(C)C)c2ccccc2O1. The first kappa shape index (κ1) is 17.1. The molecule has 23 heavy (non-hydrogen) atoms. The molecule has 1 aliphatic rings. The number of carbonyl (C=O) groups is 2. The molecule has 0 spiro atoms. The van der Waals surface area contributed by atoms with E-state index >= 15 is 0 Å². The number of likely N-dealkylation sites (N-methyl/N-ethyl adjacent to an activating group) is 1. The zero-order valence-electron chi connectivity index (χ0n) is 14.3. The number of fused-ring (bicyclic) bond motifs is 1. The number of hydrogen-bond acceptors (Lipinski definition) is 5. The number of hydrogen-bond donors (Lipinski definition) is 0. The number of amides is 1. The highest BCUT2D eigenvalue weighted by Gasteiger charge is 2.33. The molecule has 1 aromatic rings. The second-order valence-electron chi connectivity index (χ2n) is 6.77. The molecule has 1 amide bonds. The standard InChI is InChI=1S/C17H24N2O4/c1-17(2,3)23-15(20)11-19-10-14(16(21)18(4)5)22-13-9-7-6-8-12(13)19/h6-9,14H,10-11H2,1-5H3. The number of esters is 1. The Morgan fingerprint density at radius 2 is 1.96 bits per heavy atom. The average molecular weight is 320 g/mol. The molecule has 2 rings (SSSR count). The fraction of sp³-hybridized carbons (Fsp3) is 0.529. The predicted molar refractivity (Wildman–Crippen MR) is 87.6 cm³/mol. The topological polar surface area (TPSA) is 59.1 Å². The molecular formula is C17H24N2O4. The van der Waals surface area contributed by atoms with Gasteiger partial charge in [0.1, 0.15) is 17.9 Å². The lowest BCUT2D eigenvalue weighted by Crippen LogP contribution is -2.50. The number of nitrogens with zero attached hydrogens (tertiary/aromatic N) is 2. The number of anilines is 1.